The molecule has 0 amide bonds. The van der Waals surface area contributed by atoms with Crippen LogP contribution in [0, 0.1) is 0 Å². The van der Waals surface area contributed by atoms with Gasteiger partial charge >= 0.3 is 0 Å². The molecule has 2 aromatic carbocycles. The lowest BCUT2D eigenvalue weighted by molar-refractivity contribution is 0.920. The molecule has 2 rings (SSSR count). The molecule has 3 heteroatoms. The molecule has 0 heterocycles. The predicted molar refractivity (Wildman–Crippen MR) is 75.5 cm³/mol. The second kappa shape index (κ2) is 5.46. The van der Waals surface area contributed by atoms with Crippen LogP contribution >= 0.6 is 12.2 Å². The Balaban J connectivity index is 2.20. The third-order valence-electron chi connectivity index (χ3n) is 2.50. The Kier molecular flexibility index (Phi) is 3.73. The van der Waals surface area contributed by atoms with E-state index in [4.69, 9.17) is 18.0 Å². The molecule has 0 saturated carbocycles. The van der Waals surface area contributed by atoms with Crippen LogP contribution in [0.3, 0.4) is 0 Å². The van der Waals surface area contributed by atoms with Crippen LogP contribution in [0.2, 0.25) is 0 Å². The van der Waals surface area contributed by atoms with Gasteiger partial charge in [-0.15, -0.1) is 0 Å². The highest BCUT2D eigenvalue weighted by Crippen LogP contribution is 2.19. The van der Waals surface area contributed by atoms with Crippen LogP contribution in [0.4, 0.5) is 0 Å². The lowest BCUT2D eigenvalue weighted by Gasteiger charge is -2.06. The fourth-order valence-corrected chi connectivity index (χ4v) is 1.75. The number of hydrogen-bond donors (Lipinski definition) is 2. The van der Waals surface area contributed by atoms with Gasteiger partial charge < -0.3 is 11.1 Å². The van der Waals surface area contributed by atoms with Crippen LogP contribution in [0.25, 0.3) is 11.1 Å². The molecule has 0 bridgehead atoms. The quantitative estimate of drug-likeness (QED) is 0.813. The molecular formula is C14H14N2S. The first-order chi connectivity index (χ1) is 8.25. The third kappa shape index (κ3) is 3.29. The fourth-order valence-electron chi connectivity index (χ4n) is 1.68. The van der Waals surface area contributed by atoms with E-state index in [0.29, 0.717) is 11.7 Å². The van der Waals surface area contributed by atoms with Gasteiger partial charge in [0.1, 0.15) is 0 Å². The van der Waals surface area contributed by atoms with Gasteiger partial charge in [-0.3, -0.25) is 0 Å². The zero-order valence-electron chi connectivity index (χ0n) is 9.39. The van der Waals surface area contributed by atoms with Crippen LogP contribution in [-0.2, 0) is 6.54 Å². The third-order valence-corrected chi connectivity index (χ3v) is 2.65. The van der Waals surface area contributed by atoms with Crippen molar-refractivity contribution in [3.8, 4) is 11.1 Å². The van der Waals surface area contributed by atoms with Gasteiger partial charge in [0.2, 0.25) is 0 Å². The number of nitrogens with one attached hydrogen (secondary N) is 1. The van der Waals surface area contributed by atoms with Crippen molar-refractivity contribution in [1.82, 2.24) is 5.32 Å². The molecule has 0 atom stereocenters. The molecule has 0 aliphatic carbocycles. The highest BCUT2D eigenvalue weighted by molar-refractivity contribution is 7.80. The molecule has 17 heavy (non-hydrogen) atoms. The summed E-state index contributed by atoms with van der Waals surface area (Å²) in [4.78, 5) is 0. The van der Waals surface area contributed by atoms with E-state index in [0.717, 1.165) is 0 Å². The van der Waals surface area contributed by atoms with Crippen LogP contribution in [0.15, 0.2) is 54.6 Å². The molecule has 0 fully saturated rings. The van der Waals surface area contributed by atoms with Crippen LogP contribution in [0.5, 0.6) is 0 Å². The summed E-state index contributed by atoms with van der Waals surface area (Å²) in [6.45, 7) is 0.663. The first-order valence-electron chi connectivity index (χ1n) is 5.43. The van der Waals surface area contributed by atoms with Gasteiger partial charge in [-0.1, -0.05) is 48.5 Å². The summed E-state index contributed by atoms with van der Waals surface area (Å²) in [5, 5.41) is 3.28. The maximum atomic E-state index is 5.41. The summed E-state index contributed by atoms with van der Waals surface area (Å²) in [7, 11) is 0. The summed E-state index contributed by atoms with van der Waals surface area (Å²) >= 11 is 4.79. The molecule has 3 N–H and O–H groups in total. The summed E-state index contributed by atoms with van der Waals surface area (Å²) < 4.78 is 0. The molecule has 0 saturated heterocycles. The Labute approximate surface area is 106 Å². The molecule has 0 radical (unpaired) electrons. The average Bonchev–Trinajstić information content (AvgIpc) is 2.38. The van der Waals surface area contributed by atoms with Crippen LogP contribution in [0.1, 0.15) is 5.56 Å². The van der Waals surface area contributed by atoms with E-state index >= 15 is 0 Å². The van der Waals surface area contributed by atoms with Gasteiger partial charge in [0.15, 0.2) is 5.11 Å². The maximum Gasteiger partial charge on any atom is 0.163 e. The predicted octanol–water partition coefficient (Wildman–Crippen LogP) is 2.69. The average molecular weight is 242 g/mol. The lowest BCUT2D eigenvalue weighted by Crippen LogP contribution is -2.28. The minimum absolute atomic E-state index is 0.329. The van der Waals surface area contributed by atoms with E-state index in [1.807, 2.05) is 24.3 Å². The Bertz CT molecular complexity index is 509. The van der Waals surface area contributed by atoms with Crippen molar-refractivity contribution >= 4 is 17.3 Å². The van der Waals surface area contributed by atoms with Crippen molar-refractivity contribution in [2.75, 3.05) is 0 Å². The second-order valence-electron chi connectivity index (χ2n) is 3.78. The molecule has 0 aliphatic heterocycles. The zero-order valence-corrected chi connectivity index (χ0v) is 10.2. The maximum absolute atomic E-state index is 5.41. The van der Waals surface area contributed by atoms with Gasteiger partial charge in [-0.25, -0.2) is 0 Å². The summed E-state index contributed by atoms with van der Waals surface area (Å²) in [5.41, 5.74) is 8.99. The Morgan fingerprint density at radius 3 is 2.41 bits per heavy atom. The first kappa shape index (κ1) is 11.6. The number of nitrogens with two attached hydrogens (primary N) is 1. The molecule has 2 aromatic rings. The number of hydrogen-bond acceptors (Lipinski definition) is 1. The minimum Gasteiger partial charge on any atom is -0.376 e. The number of rotatable bonds is 3. The minimum atomic E-state index is 0.329. The standard InChI is InChI=1S/C14H14N2S/c15-14(17)16-10-11-5-4-8-13(9-11)12-6-2-1-3-7-12/h1-9H,10H2,(H3,15,16,17). The highest BCUT2D eigenvalue weighted by Gasteiger charge is 1.98. The van der Waals surface area contributed by atoms with Crippen molar-refractivity contribution < 1.29 is 0 Å². The topological polar surface area (TPSA) is 38.0 Å². The Morgan fingerprint density at radius 2 is 1.71 bits per heavy atom. The fraction of sp³-hybridized carbons (Fsp3) is 0.0714. The normalized spacial score (nSPS) is 9.88. The van der Waals surface area contributed by atoms with Crippen molar-refractivity contribution in [3.63, 3.8) is 0 Å². The van der Waals surface area contributed by atoms with Gasteiger partial charge in [0, 0.05) is 6.54 Å². The molecule has 0 unspecified atom stereocenters. The smallest absolute Gasteiger partial charge is 0.163 e. The SMILES string of the molecule is NC(=S)NCc1cccc(-c2ccccc2)c1. The molecular weight excluding hydrogens is 228 g/mol. The van der Waals surface area contributed by atoms with Crippen molar-refractivity contribution in [2.24, 2.45) is 5.73 Å². The molecule has 86 valence electrons. The van der Waals surface area contributed by atoms with Gasteiger partial charge in [0.05, 0.1) is 0 Å². The first-order valence-corrected chi connectivity index (χ1v) is 5.84. The van der Waals surface area contributed by atoms with E-state index in [1.54, 1.807) is 0 Å². The van der Waals surface area contributed by atoms with Crippen LogP contribution < -0.4 is 11.1 Å². The summed E-state index contributed by atoms with van der Waals surface area (Å²) in [6.07, 6.45) is 0. The second-order valence-corrected chi connectivity index (χ2v) is 4.22. The van der Waals surface area contributed by atoms with Gasteiger partial charge in [0.25, 0.3) is 0 Å². The highest BCUT2D eigenvalue weighted by atomic mass is 32.1. The number of benzene rings is 2. The molecule has 2 nitrogen and oxygen atoms in total. The van der Waals surface area contributed by atoms with E-state index < -0.39 is 0 Å². The monoisotopic (exact) mass is 242 g/mol. The van der Waals surface area contributed by atoms with Crippen molar-refractivity contribution in [2.45, 2.75) is 6.54 Å². The van der Waals surface area contributed by atoms with Gasteiger partial charge in [-0.05, 0) is 35.0 Å². The Hall–Kier alpha value is -1.87. The largest absolute Gasteiger partial charge is 0.376 e. The van der Waals surface area contributed by atoms with Crippen molar-refractivity contribution in [3.05, 3.63) is 60.2 Å². The van der Waals surface area contributed by atoms with Crippen LogP contribution in [-0.4, -0.2) is 5.11 Å². The van der Waals surface area contributed by atoms with Crippen molar-refractivity contribution in [1.29, 1.82) is 0 Å². The van der Waals surface area contributed by atoms with E-state index in [2.05, 4.69) is 35.6 Å². The molecule has 0 spiro atoms. The van der Waals surface area contributed by atoms with E-state index in [-0.39, 0.29) is 0 Å². The summed E-state index contributed by atoms with van der Waals surface area (Å²) in [6, 6.07) is 18.6. The van der Waals surface area contributed by atoms with Gasteiger partial charge in [-0.2, -0.15) is 0 Å². The molecule has 0 aromatic heterocycles. The Morgan fingerprint density at radius 1 is 1.00 bits per heavy atom. The molecule has 0 aliphatic rings. The van der Waals surface area contributed by atoms with E-state index in [9.17, 15) is 0 Å². The van der Waals surface area contributed by atoms with E-state index in [1.165, 1.54) is 16.7 Å². The summed E-state index contributed by atoms with van der Waals surface area (Å²) in [5.74, 6) is 0. The number of thiocarbonyl (C=S) groups is 1. The lowest BCUT2D eigenvalue weighted by atomic mass is 10.0. The zero-order chi connectivity index (χ0) is 12.1.